The fourth-order valence-corrected chi connectivity index (χ4v) is 5.20. The van der Waals surface area contributed by atoms with Gasteiger partial charge in [-0.25, -0.2) is 0 Å². The number of nitrogens with zero attached hydrogens (tertiary/aromatic N) is 2. The number of aromatic amines is 1. The minimum absolute atomic E-state index is 0.0000491. The van der Waals surface area contributed by atoms with E-state index in [1.54, 1.807) is 35.0 Å². The standard InChI is InChI=1S/C22H20F3N3O2/c1-12-8-26-19(29)17-14(10-27(2)18(12)17)20(30)28-9-13-7-21(13,11-28)15-5-3-4-6-16(15)22(23,24)25/h3-6,8,10,13H,7,9,11H2,1-2H3,(H,26,29). The number of alkyl halides is 3. The van der Waals surface area contributed by atoms with E-state index in [1.807, 2.05) is 6.92 Å². The van der Waals surface area contributed by atoms with Crippen molar-refractivity contribution in [2.45, 2.75) is 24.9 Å². The highest BCUT2D eigenvalue weighted by molar-refractivity contribution is 6.07. The molecule has 8 heteroatoms. The van der Waals surface area contributed by atoms with Crippen LogP contribution in [-0.4, -0.2) is 33.4 Å². The van der Waals surface area contributed by atoms with Gasteiger partial charge in [0.25, 0.3) is 11.5 Å². The van der Waals surface area contributed by atoms with Crippen LogP contribution in [0.4, 0.5) is 13.2 Å². The number of hydrogen-bond acceptors (Lipinski definition) is 2. The number of carbonyl (C=O) groups excluding carboxylic acids is 1. The molecule has 1 saturated heterocycles. The van der Waals surface area contributed by atoms with Gasteiger partial charge in [0, 0.05) is 37.9 Å². The molecule has 0 spiro atoms. The van der Waals surface area contributed by atoms with Crippen molar-refractivity contribution in [3.05, 3.63) is 69.3 Å². The Morgan fingerprint density at radius 2 is 2.00 bits per heavy atom. The molecule has 2 unspecified atom stereocenters. The second-order valence-electron chi connectivity index (χ2n) is 8.46. The Kier molecular flexibility index (Phi) is 3.79. The van der Waals surface area contributed by atoms with E-state index in [1.165, 1.54) is 12.1 Å². The van der Waals surface area contributed by atoms with E-state index in [0.717, 1.165) is 11.6 Å². The van der Waals surface area contributed by atoms with Crippen LogP contribution in [0, 0.1) is 12.8 Å². The molecule has 1 N–H and O–H groups in total. The van der Waals surface area contributed by atoms with Crippen molar-refractivity contribution in [1.29, 1.82) is 0 Å². The smallest absolute Gasteiger partial charge is 0.349 e. The topological polar surface area (TPSA) is 58.1 Å². The number of aryl methyl sites for hydroxylation is 2. The molecular formula is C22H20F3N3O2. The lowest BCUT2D eigenvalue weighted by Gasteiger charge is -2.23. The number of fused-ring (bicyclic) bond motifs is 2. The van der Waals surface area contributed by atoms with Gasteiger partial charge < -0.3 is 14.5 Å². The van der Waals surface area contributed by atoms with Crippen LogP contribution in [0.2, 0.25) is 0 Å². The second kappa shape index (κ2) is 6.00. The van der Waals surface area contributed by atoms with E-state index in [9.17, 15) is 22.8 Å². The summed E-state index contributed by atoms with van der Waals surface area (Å²) >= 11 is 0. The number of aromatic nitrogens is 2. The Labute approximate surface area is 170 Å². The molecule has 0 radical (unpaired) electrons. The molecule has 5 rings (SSSR count). The monoisotopic (exact) mass is 415 g/mol. The van der Waals surface area contributed by atoms with Crippen molar-refractivity contribution in [2.75, 3.05) is 13.1 Å². The van der Waals surface area contributed by atoms with Gasteiger partial charge in [0.2, 0.25) is 0 Å². The summed E-state index contributed by atoms with van der Waals surface area (Å²) in [6.07, 6.45) is -0.558. The molecule has 2 atom stereocenters. The van der Waals surface area contributed by atoms with Crippen molar-refractivity contribution in [2.24, 2.45) is 13.0 Å². The summed E-state index contributed by atoms with van der Waals surface area (Å²) in [5.41, 5.74) is 0.450. The molecule has 3 aromatic rings. The molecule has 1 aliphatic heterocycles. The van der Waals surface area contributed by atoms with Gasteiger partial charge >= 0.3 is 6.18 Å². The lowest BCUT2D eigenvalue weighted by molar-refractivity contribution is -0.138. The summed E-state index contributed by atoms with van der Waals surface area (Å²) in [5, 5.41) is 0.327. The third kappa shape index (κ3) is 2.55. The maximum absolute atomic E-state index is 13.5. The molecule has 1 saturated carbocycles. The lowest BCUT2D eigenvalue weighted by Crippen LogP contribution is -2.33. The maximum atomic E-state index is 13.5. The Balaban J connectivity index is 1.52. The van der Waals surface area contributed by atoms with Gasteiger partial charge in [0.1, 0.15) is 0 Å². The van der Waals surface area contributed by atoms with Crippen LogP contribution in [0.1, 0.15) is 33.5 Å². The molecule has 30 heavy (non-hydrogen) atoms. The molecule has 2 aromatic heterocycles. The zero-order valence-electron chi connectivity index (χ0n) is 16.5. The Morgan fingerprint density at radius 1 is 1.27 bits per heavy atom. The van der Waals surface area contributed by atoms with E-state index in [0.29, 0.717) is 23.9 Å². The minimum atomic E-state index is -4.43. The summed E-state index contributed by atoms with van der Waals surface area (Å²) in [4.78, 5) is 30.0. The fraction of sp³-hybridized carbons (Fsp3) is 0.364. The predicted octanol–water partition coefficient (Wildman–Crippen LogP) is 3.61. The molecule has 2 aliphatic rings. The summed E-state index contributed by atoms with van der Waals surface area (Å²) in [6, 6.07) is 5.65. The van der Waals surface area contributed by atoms with Crippen molar-refractivity contribution < 1.29 is 18.0 Å². The molecular weight excluding hydrogens is 395 g/mol. The van der Waals surface area contributed by atoms with E-state index in [4.69, 9.17) is 0 Å². The number of piperidine rings is 1. The predicted molar refractivity (Wildman–Crippen MR) is 105 cm³/mol. The Hall–Kier alpha value is -3.03. The van der Waals surface area contributed by atoms with Gasteiger partial charge in [-0.05, 0) is 36.5 Å². The first-order valence-electron chi connectivity index (χ1n) is 9.77. The van der Waals surface area contributed by atoms with Gasteiger partial charge in [0.15, 0.2) is 0 Å². The summed E-state index contributed by atoms with van der Waals surface area (Å²) in [5.74, 6) is -0.312. The molecule has 156 valence electrons. The molecule has 5 nitrogen and oxygen atoms in total. The van der Waals surface area contributed by atoms with E-state index >= 15 is 0 Å². The number of hydrogen-bond donors (Lipinski definition) is 1. The first-order valence-corrected chi connectivity index (χ1v) is 9.77. The summed E-state index contributed by atoms with van der Waals surface area (Å²) in [6.45, 7) is 2.47. The van der Waals surface area contributed by atoms with Crippen LogP contribution in [0.5, 0.6) is 0 Å². The number of carbonyl (C=O) groups is 1. The van der Waals surface area contributed by atoms with Crippen LogP contribution in [-0.2, 0) is 18.6 Å². The first kappa shape index (κ1) is 19.0. The van der Waals surface area contributed by atoms with Crippen molar-refractivity contribution in [3.63, 3.8) is 0 Å². The number of amides is 1. The van der Waals surface area contributed by atoms with Crippen LogP contribution < -0.4 is 5.56 Å². The highest BCUT2D eigenvalue weighted by atomic mass is 19.4. The average molecular weight is 415 g/mol. The van der Waals surface area contributed by atoms with Gasteiger partial charge in [-0.2, -0.15) is 13.2 Å². The Bertz CT molecular complexity index is 1260. The second-order valence-corrected chi connectivity index (χ2v) is 8.46. The molecule has 2 fully saturated rings. The average Bonchev–Trinajstić information content (AvgIpc) is 3.08. The maximum Gasteiger partial charge on any atom is 0.416 e. The molecule has 1 aromatic carbocycles. The number of halogens is 3. The number of benzene rings is 1. The van der Waals surface area contributed by atoms with Gasteiger partial charge in [-0.15, -0.1) is 0 Å². The summed E-state index contributed by atoms with van der Waals surface area (Å²) < 4.78 is 42.4. The highest BCUT2D eigenvalue weighted by Crippen LogP contribution is 2.61. The molecule has 0 bridgehead atoms. The van der Waals surface area contributed by atoms with Gasteiger partial charge in [0.05, 0.1) is 22.0 Å². The quantitative estimate of drug-likeness (QED) is 0.695. The Morgan fingerprint density at radius 3 is 2.73 bits per heavy atom. The van der Waals surface area contributed by atoms with E-state index in [-0.39, 0.29) is 35.1 Å². The van der Waals surface area contributed by atoms with Crippen LogP contribution in [0.3, 0.4) is 0 Å². The lowest BCUT2D eigenvalue weighted by atomic mass is 9.90. The third-order valence-corrected chi connectivity index (χ3v) is 6.63. The van der Waals surface area contributed by atoms with Gasteiger partial charge in [-0.1, -0.05) is 18.2 Å². The zero-order chi connectivity index (χ0) is 21.4. The first-order chi connectivity index (χ1) is 14.1. The third-order valence-electron chi connectivity index (χ3n) is 6.63. The van der Waals surface area contributed by atoms with E-state index < -0.39 is 17.2 Å². The van der Waals surface area contributed by atoms with Crippen molar-refractivity contribution in [1.82, 2.24) is 14.5 Å². The highest BCUT2D eigenvalue weighted by Gasteiger charge is 2.63. The molecule has 1 amide bonds. The number of H-pyrrole nitrogens is 1. The van der Waals surface area contributed by atoms with Gasteiger partial charge in [-0.3, -0.25) is 9.59 Å². The van der Waals surface area contributed by atoms with Crippen molar-refractivity contribution >= 4 is 16.8 Å². The minimum Gasteiger partial charge on any atom is -0.349 e. The van der Waals surface area contributed by atoms with Crippen LogP contribution in [0.25, 0.3) is 10.9 Å². The fourth-order valence-electron chi connectivity index (χ4n) is 5.20. The van der Waals surface area contributed by atoms with Crippen molar-refractivity contribution in [3.8, 4) is 0 Å². The number of rotatable bonds is 2. The normalized spacial score (nSPS) is 23.1. The number of pyridine rings is 1. The zero-order valence-corrected chi connectivity index (χ0v) is 16.5. The number of nitrogens with one attached hydrogen (secondary N) is 1. The van der Waals surface area contributed by atoms with E-state index in [2.05, 4.69) is 4.98 Å². The molecule has 1 aliphatic carbocycles. The van der Waals surface area contributed by atoms with Crippen LogP contribution in [0.15, 0.2) is 41.5 Å². The molecule has 3 heterocycles. The largest absolute Gasteiger partial charge is 0.416 e. The van der Waals surface area contributed by atoms with Crippen LogP contribution >= 0.6 is 0 Å². The summed E-state index contributed by atoms with van der Waals surface area (Å²) in [7, 11) is 1.77. The number of likely N-dealkylation sites (tertiary alicyclic amines) is 1. The SMILES string of the molecule is Cc1c[nH]c(=O)c2c(C(=O)N3CC4CC4(c4ccccc4C(F)(F)F)C3)cn(C)c12.